The van der Waals surface area contributed by atoms with Crippen molar-refractivity contribution in [3.8, 4) is 11.8 Å². The van der Waals surface area contributed by atoms with E-state index in [1.165, 1.54) is 37.1 Å². The predicted octanol–water partition coefficient (Wildman–Crippen LogP) is 6.67. The zero-order chi connectivity index (χ0) is 26.0. The molecule has 2 heterocycles. The quantitative estimate of drug-likeness (QED) is 0.282. The lowest BCUT2D eigenvalue weighted by molar-refractivity contribution is -0.141. The van der Waals surface area contributed by atoms with Gasteiger partial charge in [0.2, 0.25) is 0 Å². The molecule has 1 unspecified atom stereocenters. The summed E-state index contributed by atoms with van der Waals surface area (Å²) in [5, 5.41) is 15.6. The number of nitrogens with one attached hydrogen (secondary N) is 2. The molecule has 4 aromatic rings. The number of alkyl halides is 3. The van der Waals surface area contributed by atoms with Gasteiger partial charge in [0.1, 0.15) is 5.69 Å². The summed E-state index contributed by atoms with van der Waals surface area (Å²) < 4.78 is 41.4. The van der Waals surface area contributed by atoms with E-state index in [1.807, 2.05) is 42.7 Å². The van der Waals surface area contributed by atoms with Gasteiger partial charge in [-0.1, -0.05) is 31.0 Å². The van der Waals surface area contributed by atoms with Crippen molar-refractivity contribution in [1.82, 2.24) is 14.8 Å². The van der Waals surface area contributed by atoms with E-state index in [-0.39, 0.29) is 22.9 Å². The van der Waals surface area contributed by atoms with Gasteiger partial charge in [0, 0.05) is 30.1 Å². The molecule has 0 aliphatic heterocycles. The van der Waals surface area contributed by atoms with Crippen LogP contribution in [0.3, 0.4) is 0 Å². The lowest BCUT2D eigenvalue weighted by Crippen LogP contribution is -2.17. The summed E-state index contributed by atoms with van der Waals surface area (Å²) >= 11 is 0. The third-order valence-electron chi connectivity index (χ3n) is 6.58. The minimum Gasteiger partial charge on any atom is -0.367 e. The molecule has 9 heteroatoms. The fraction of sp³-hybridized carbons (Fsp3) is 0.250. The summed E-state index contributed by atoms with van der Waals surface area (Å²) in [5.41, 5.74) is 1.58. The van der Waals surface area contributed by atoms with Crippen LogP contribution in [0.1, 0.15) is 64.5 Å². The summed E-state index contributed by atoms with van der Waals surface area (Å²) in [6, 6.07) is 18.0. The van der Waals surface area contributed by atoms with Crippen LogP contribution >= 0.6 is 0 Å². The number of rotatable bonds is 8. The molecule has 37 heavy (non-hydrogen) atoms. The number of carbonyl (C=O) groups is 1. The van der Waals surface area contributed by atoms with Crippen molar-refractivity contribution in [3.63, 3.8) is 0 Å². The first-order valence-corrected chi connectivity index (χ1v) is 12.0. The number of anilines is 1. The van der Waals surface area contributed by atoms with Crippen molar-refractivity contribution in [1.29, 1.82) is 5.26 Å². The first kappa shape index (κ1) is 24.4. The number of aromatic nitrogens is 3. The van der Waals surface area contributed by atoms with Gasteiger partial charge < -0.3 is 10.3 Å². The van der Waals surface area contributed by atoms with E-state index in [2.05, 4.69) is 15.4 Å². The molecule has 2 aromatic heterocycles. The highest BCUT2D eigenvalue weighted by Gasteiger charge is 2.36. The maximum absolute atomic E-state index is 13.5. The smallest absolute Gasteiger partial charge is 0.367 e. The van der Waals surface area contributed by atoms with Crippen LogP contribution in [0.15, 0.2) is 73.1 Å². The molecule has 2 N–H and O–H groups in total. The number of H-pyrrole nitrogens is 1. The lowest BCUT2D eigenvalue weighted by atomic mass is 9.88. The second kappa shape index (κ2) is 9.97. The first-order valence-electron chi connectivity index (χ1n) is 12.0. The Kier molecular flexibility index (Phi) is 6.57. The van der Waals surface area contributed by atoms with Crippen LogP contribution in [-0.4, -0.2) is 20.7 Å². The third kappa shape index (κ3) is 5.59. The van der Waals surface area contributed by atoms with Crippen molar-refractivity contribution in [2.45, 2.75) is 37.8 Å². The Labute approximate surface area is 211 Å². The fourth-order valence-electron chi connectivity index (χ4n) is 4.50. The van der Waals surface area contributed by atoms with Gasteiger partial charge in [0.15, 0.2) is 5.69 Å². The molecular weight excluding hydrogens is 479 g/mol. The van der Waals surface area contributed by atoms with Crippen molar-refractivity contribution in [3.05, 3.63) is 101 Å². The average Bonchev–Trinajstić information content (AvgIpc) is 3.35. The Balaban J connectivity index is 1.44. The molecule has 0 bridgehead atoms. The van der Waals surface area contributed by atoms with Crippen LogP contribution in [0, 0.1) is 17.2 Å². The third-order valence-corrected chi connectivity index (χ3v) is 6.58. The summed E-state index contributed by atoms with van der Waals surface area (Å²) in [4.78, 5) is 16.3. The Morgan fingerprint density at radius 3 is 2.65 bits per heavy atom. The second-order valence-electron chi connectivity index (χ2n) is 9.28. The molecule has 5 rings (SSSR count). The molecule has 0 radical (unpaired) electrons. The molecule has 2 aromatic carbocycles. The molecule has 1 aliphatic carbocycles. The molecule has 1 amide bonds. The van der Waals surface area contributed by atoms with Gasteiger partial charge in [-0.05, 0) is 66.3 Å². The monoisotopic (exact) mass is 503 g/mol. The second-order valence-corrected chi connectivity index (χ2v) is 9.28. The fourth-order valence-corrected chi connectivity index (χ4v) is 4.50. The van der Waals surface area contributed by atoms with Gasteiger partial charge in [-0.15, -0.1) is 0 Å². The molecule has 1 saturated carbocycles. The van der Waals surface area contributed by atoms with E-state index in [9.17, 15) is 23.2 Å². The minimum atomic E-state index is -4.74. The van der Waals surface area contributed by atoms with Crippen molar-refractivity contribution >= 4 is 11.6 Å². The molecule has 1 fully saturated rings. The number of benzene rings is 2. The minimum absolute atomic E-state index is 0.139. The summed E-state index contributed by atoms with van der Waals surface area (Å²) in [5.74, 6) is 0.172. The predicted molar refractivity (Wildman–Crippen MR) is 132 cm³/mol. The zero-order valence-corrected chi connectivity index (χ0v) is 19.8. The normalized spacial score (nSPS) is 14.2. The lowest BCUT2D eigenvalue weighted by Gasteiger charge is -2.18. The maximum Gasteiger partial charge on any atom is 0.435 e. The topological polar surface area (TPSA) is 86.5 Å². The van der Waals surface area contributed by atoms with Gasteiger partial charge in [0.05, 0.1) is 17.3 Å². The summed E-state index contributed by atoms with van der Waals surface area (Å²) in [6.45, 7) is 0. The number of hydrogen-bond donors (Lipinski definition) is 2. The Morgan fingerprint density at radius 2 is 1.95 bits per heavy atom. The zero-order valence-electron chi connectivity index (χ0n) is 19.8. The van der Waals surface area contributed by atoms with Gasteiger partial charge in [-0.25, -0.2) is 4.68 Å². The maximum atomic E-state index is 13.5. The highest BCUT2D eigenvalue weighted by atomic mass is 19.4. The highest BCUT2D eigenvalue weighted by molar-refractivity contribution is 6.03. The number of nitriles is 1. The standard InChI is InChI=1S/C28H24F3N5O/c29-28(30,31)26-15-25(36(35-26)23-6-1-3-19(13-23)16-32)27(37)34-22-5-2-4-20(14-22)24(10-9-18-7-8-18)21-11-12-33-17-21/h1-6,11-15,17-18,24,33H,7-10H2,(H,34,37). The number of aromatic amines is 1. The van der Waals surface area contributed by atoms with E-state index >= 15 is 0 Å². The van der Waals surface area contributed by atoms with Crippen LogP contribution in [0.25, 0.3) is 5.69 Å². The van der Waals surface area contributed by atoms with E-state index in [0.29, 0.717) is 5.69 Å². The van der Waals surface area contributed by atoms with Gasteiger partial charge in [-0.2, -0.15) is 23.5 Å². The molecule has 0 spiro atoms. The molecule has 188 valence electrons. The average molecular weight is 504 g/mol. The number of carbonyl (C=O) groups excluding carboxylic acids is 1. The van der Waals surface area contributed by atoms with Gasteiger partial charge in [-0.3, -0.25) is 4.79 Å². The van der Waals surface area contributed by atoms with Crippen LogP contribution < -0.4 is 5.32 Å². The van der Waals surface area contributed by atoms with Gasteiger partial charge in [0.25, 0.3) is 5.91 Å². The van der Waals surface area contributed by atoms with Crippen LogP contribution in [-0.2, 0) is 6.18 Å². The van der Waals surface area contributed by atoms with Crippen molar-refractivity contribution in [2.24, 2.45) is 5.92 Å². The Morgan fingerprint density at radius 1 is 1.14 bits per heavy atom. The molecule has 6 nitrogen and oxygen atoms in total. The Hall–Kier alpha value is -4.32. The van der Waals surface area contributed by atoms with E-state index < -0.39 is 17.8 Å². The summed E-state index contributed by atoms with van der Waals surface area (Å²) in [7, 11) is 0. The first-order chi connectivity index (χ1) is 17.8. The van der Waals surface area contributed by atoms with Crippen LogP contribution in [0.2, 0.25) is 0 Å². The SMILES string of the molecule is N#Cc1cccc(-n2nc(C(F)(F)F)cc2C(=O)Nc2cccc(C(CCC3CC3)c3cc[nH]c3)c2)c1. The number of amides is 1. The molecule has 0 saturated heterocycles. The molecule has 1 atom stereocenters. The van der Waals surface area contributed by atoms with Crippen molar-refractivity contribution < 1.29 is 18.0 Å². The number of nitrogens with zero attached hydrogens (tertiary/aromatic N) is 3. The molecular formula is C28H24F3N5O. The molecule has 1 aliphatic rings. The van der Waals surface area contributed by atoms with Gasteiger partial charge >= 0.3 is 6.18 Å². The van der Waals surface area contributed by atoms with Crippen LogP contribution in [0.4, 0.5) is 18.9 Å². The number of halogens is 3. The van der Waals surface area contributed by atoms with Crippen LogP contribution in [0.5, 0.6) is 0 Å². The van der Waals surface area contributed by atoms with E-state index in [1.54, 1.807) is 6.07 Å². The highest BCUT2D eigenvalue weighted by Crippen LogP contribution is 2.39. The Bertz CT molecular complexity index is 1450. The van der Waals surface area contributed by atoms with E-state index in [0.717, 1.165) is 40.6 Å². The van der Waals surface area contributed by atoms with Crippen molar-refractivity contribution in [2.75, 3.05) is 5.32 Å². The largest absolute Gasteiger partial charge is 0.435 e. The summed E-state index contributed by atoms with van der Waals surface area (Å²) in [6.07, 6.45) is 3.73. The van der Waals surface area contributed by atoms with E-state index in [4.69, 9.17) is 0 Å². The number of hydrogen-bond acceptors (Lipinski definition) is 3.